The van der Waals surface area contributed by atoms with Gasteiger partial charge in [0.2, 0.25) is 0 Å². The van der Waals surface area contributed by atoms with Gasteiger partial charge in [-0.25, -0.2) is 0 Å². The van der Waals surface area contributed by atoms with Crippen LogP contribution in [0.3, 0.4) is 0 Å². The van der Waals surface area contributed by atoms with Crippen LogP contribution in [0.15, 0.2) is 35.6 Å². The first-order chi connectivity index (χ1) is 6.40. The molecule has 0 bridgehead atoms. The highest BCUT2D eigenvalue weighted by Gasteiger charge is 2.18. The Balaban J connectivity index is 2.16. The Morgan fingerprint density at radius 3 is 3.23 bits per heavy atom. The summed E-state index contributed by atoms with van der Waals surface area (Å²) in [5, 5.41) is 0. The molecule has 0 N–H and O–H groups in total. The van der Waals surface area contributed by atoms with Gasteiger partial charge >= 0.3 is 0 Å². The molecule has 0 amide bonds. The van der Waals surface area contributed by atoms with Crippen molar-refractivity contribution in [3.63, 3.8) is 0 Å². The van der Waals surface area contributed by atoms with Crippen molar-refractivity contribution in [2.75, 3.05) is 0 Å². The van der Waals surface area contributed by atoms with Crippen LogP contribution in [-0.2, 0) is 4.74 Å². The molecule has 1 heteroatoms. The fourth-order valence-corrected chi connectivity index (χ4v) is 1.86. The van der Waals surface area contributed by atoms with Crippen molar-refractivity contribution in [2.45, 2.75) is 38.7 Å². The zero-order valence-electron chi connectivity index (χ0n) is 8.12. The molecule has 0 aromatic rings. The van der Waals surface area contributed by atoms with Gasteiger partial charge in [-0.1, -0.05) is 25.2 Å². The molecule has 1 nitrogen and oxygen atoms in total. The van der Waals surface area contributed by atoms with Crippen LogP contribution < -0.4 is 0 Å². The van der Waals surface area contributed by atoms with Gasteiger partial charge in [-0.3, -0.25) is 0 Å². The molecule has 0 fully saturated rings. The van der Waals surface area contributed by atoms with Crippen molar-refractivity contribution in [1.82, 2.24) is 0 Å². The molecule has 0 aromatic heterocycles. The van der Waals surface area contributed by atoms with E-state index in [0.717, 1.165) is 18.6 Å². The monoisotopic (exact) mass is 176 g/mol. The molecule has 0 radical (unpaired) electrons. The highest BCUT2D eigenvalue weighted by atomic mass is 16.5. The summed E-state index contributed by atoms with van der Waals surface area (Å²) < 4.78 is 5.87. The lowest BCUT2D eigenvalue weighted by Crippen LogP contribution is -2.17. The Kier molecular flexibility index (Phi) is 2.53. The van der Waals surface area contributed by atoms with E-state index in [1.165, 1.54) is 18.4 Å². The van der Waals surface area contributed by atoms with E-state index >= 15 is 0 Å². The molecule has 1 aliphatic carbocycles. The van der Waals surface area contributed by atoms with Gasteiger partial charge in [0.15, 0.2) is 0 Å². The Morgan fingerprint density at radius 1 is 1.46 bits per heavy atom. The van der Waals surface area contributed by atoms with Crippen molar-refractivity contribution < 1.29 is 4.74 Å². The van der Waals surface area contributed by atoms with Crippen molar-refractivity contribution >= 4 is 0 Å². The number of ether oxygens (including phenoxy) is 1. The minimum Gasteiger partial charge on any atom is -0.490 e. The summed E-state index contributed by atoms with van der Waals surface area (Å²) in [5.74, 6) is 1.13. The van der Waals surface area contributed by atoms with Crippen LogP contribution in [0.2, 0.25) is 0 Å². The fourth-order valence-electron chi connectivity index (χ4n) is 1.86. The lowest BCUT2D eigenvalue weighted by molar-refractivity contribution is 0.0961. The number of rotatable bonds is 1. The van der Waals surface area contributed by atoms with Gasteiger partial charge in [-0.05, 0) is 37.3 Å². The minimum atomic E-state index is 0.446. The van der Waals surface area contributed by atoms with Crippen LogP contribution in [0, 0.1) is 0 Å². The highest BCUT2D eigenvalue weighted by Crippen LogP contribution is 2.29. The van der Waals surface area contributed by atoms with E-state index in [2.05, 4.69) is 31.2 Å². The number of allylic oxidation sites excluding steroid dienone is 5. The van der Waals surface area contributed by atoms with Crippen LogP contribution in [0.4, 0.5) is 0 Å². The molecular formula is C12H16O. The van der Waals surface area contributed by atoms with Crippen molar-refractivity contribution in [3.05, 3.63) is 35.6 Å². The summed E-state index contributed by atoms with van der Waals surface area (Å²) in [6.07, 6.45) is 13.5. The second-order valence-corrected chi connectivity index (χ2v) is 3.65. The maximum Gasteiger partial charge on any atom is 0.119 e. The molecule has 1 unspecified atom stereocenters. The Hall–Kier alpha value is -0.980. The molecule has 1 aliphatic heterocycles. The molecular weight excluding hydrogens is 160 g/mol. The van der Waals surface area contributed by atoms with Crippen LogP contribution in [0.1, 0.15) is 32.6 Å². The predicted molar refractivity (Wildman–Crippen MR) is 54.3 cm³/mol. The summed E-state index contributed by atoms with van der Waals surface area (Å²) >= 11 is 0. The first-order valence-electron chi connectivity index (χ1n) is 5.12. The van der Waals surface area contributed by atoms with E-state index in [-0.39, 0.29) is 0 Å². The van der Waals surface area contributed by atoms with Gasteiger partial charge in [-0.15, -0.1) is 0 Å². The minimum absolute atomic E-state index is 0.446. The zero-order valence-corrected chi connectivity index (χ0v) is 8.12. The second kappa shape index (κ2) is 3.82. The van der Waals surface area contributed by atoms with Crippen LogP contribution >= 0.6 is 0 Å². The summed E-state index contributed by atoms with van der Waals surface area (Å²) in [5.41, 5.74) is 1.47. The lowest BCUT2D eigenvalue weighted by atomic mass is 9.99. The van der Waals surface area contributed by atoms with Crippen LogP contribution in [0.5, 0.6) is 0 Å². The third kappa shape index (κ3) is 1.85. The fraction of sp³-hybridized carbons (Fsp3) is 0.500. The maximum absolute atomic E-state index is 5.87. The first-order valence-corrected chi connectivity index (χ1v) is 5.12. The molecule has 2 aliphatic rings. The van der Waals surface area contributed by atoms with Gasteiger partial charge in [0.05, 0.1) is 6.10 Å². The maximum atomic E-state index is 5.87. The quantitative estimate of drug-likeness (QED) is 0.595. The molecule has 0 aromatic carbocycles. The molecule has 2 rings (SSSR count). The Bertz CT molecular complexity index is 271. The topological polar surface area (TPSA) is 9.23 Å². The van der Waals surface area contributed by atoms with Crippen LogP contribution in [0.25, 0.3) is 0 Å². The van der Waals surface area contributed by atoms with Gasteiger partial charge in [0.25, 0.3) is 0 Å². The third-order valence-electron chi connectivity index (χ3n) is 2.72. The smallest absolute Gasteiger partial charge is 0.119 e. The van der Waals surface area contributed by atoms with Gasteiger partial charge in [0.1, 0.15) is 5.76 Å². The Morgan fingerprint density at radius 2 is 2.38 bits per heavy atom. The van der Waals surface area contributed by atoms with Gasteiger partial charge in [0, 0.05) is 0 Å². The normalized spacial score (nSPS) is 26.7. The second-order valence-electron chi connectivity index (χ2n) is 3.65. The molecule has 0 saturated carbocycles. The van der Waals surface area contributed by atoms with E-state index in [1.54, 1.807) is 0 Å². The summed E-state index contributed by atoms with van der Waals surface area (Å²) in [6, 6.07) is 0. The van der Waals surface area contributed by atoms with E-state index in [1.807, 2.05) is 0 Å². The average Bonchev–Trinajstić information content (AvgIpc) is 2.41. The summed E-state index contributed by atoms with van der Waals surface area (Å²) in [7, 11) is 0. The van der Waals surface area contributed by atoms with E-state index in [0.29, 0.717) is 6.10 Å². The van der Waals surface area contributed by atoms with Crippen LogP contribution in [-0.4, -0.2) is 6.10 Å². The predicted octanol–water partition coefficient (Wildman–Crippen LogP) is 3.35. The standard InChI is InChI=1S/C12H16O/c1-2-11-9-8-10-6-4-3-5-7-12(10)13-11/h3-5,7,11H,2,6,8-9H2,1H3. The molecule has 1 heterocycles. The average molecular weight is 176 g/mol. The molecule has 13 heavy (non-hydrogen) atoms. The van der Waals surface area contributed by atoms with E-state index in [9.17, 15) is 0 Å². The number of hydrogen-bond donors (Lipinski definition) is 0. The third-order valence-corrected chi connectivity index (χ3v) is 2.72. The first kappa shape index (κ1) is 8.61. The van der Waals surface area contributed by atoms with Gasteiger partial charge in [-0.2, -0.15) is 0 Å². The number of hydrogen-bond acceptors (Lipinski definition) is 1. The SMILES string of the molecule is CCC1CCC2=C(C=CC=CC2)O1. The highest BCUT2D eigenvalue weighted by molar-refractivity contribution is 5.30. The molecule has 1 atom stereocenters. The molecule has 0 spiro atoms. The molecule has 0 saturated heterocycles. The van der Waals surface area contributed by atoms with Crippen molar-refractivity contribution in [1.29, 1.82) is 0 Å². The Labute approximate surface area is 79.8 Å². The van der Waals surface area contributed by atoms with Crippen molar-refractivity contribution in [3.8, 4) is 0 Å². The van der Waals surface area contributed by atoms with Gasteiger partial charge < -0.3 is 4.74 Å². The van der Waals surface area contributed by atoms with E-state index in [4.69, 9.17) is 4.74 Å². The van der Waals surface area contributed by atoms with E-state index < -0.39 is 0 Å². The zero-order chi connectivity index (χ0) is 9.10. The summed E-state index contributed by atoms with van der Waals surface area (Å²) in [4.78, 5) is 0. The largest absolute Gasteiger partial charge is 0.490 e. The summed E-state index contributed by atoms with van der Waals surface area (Å²) in [6.45, 7) is 2.19. The molecule has 70 valence electrons. The lowest BCUT2D eigenvalue weighted by Gasteiger charge is -2.25. The van der Waals surface area contributed by atoms with Crippen molar-refractivity contribution in [2.24, 2.45) is 0 Å².